The molecule has 0 saturated carbocycles. The fraction of sp³-hybridized carbons (Fsp3) is 0.273. The van der Waals surface area contributed by atoms with E-state index in [0.717, 1.165) is 40.6 Å². The largest absolute Gasteiger partial charge is 0.483 e. The molecule has 7 heteroatoms. The van der Waals surface area contributed by atoms with Crippen molar-refractivity contribution >= 4 is 5.97 Å². The molecule has 7 nitrogen and oxygen atoms in total. The number of carboxylic acid groups (broad SMARTS) is 1. The Hall–Kier alpha value is -3.16. The maximum absolute atomic E-state index is 11.0. The quantitative estimate of drug-likeness (QED) is 0.642. The van der Waals surface area contributed by atoms with Crippen molar-refractivity contribution in [1.29, 1.82) is 0 Å². The molecule has 0 bridgehead atoms. The number of hydrogen-bond acceptors (Lipinski definition) is 5. The monoisotopic (exact) mass is 393 g/mol. The van der Waals surface area contributed by atoms with Gasteiger partial charge in [-0.1, -0.05) is 25.1 Å². The molecule has 4 rings (SSSR count). The van der Waals surface area contributed by atoms with E-state index >= 15 is 0 Å². The number of carboxylic acids is 1. The number of nitrogens with zero attached hydrogens (tertiary/aromatic N) is 3. The minimum Gasteiger partial charge on any atom is -0.483 e. The van der Waals surface area contributed by atoms with Crippen LogP contribution < -0.4 is 4.74 Å². The molecule has 0 radical (unpaired) electrons. The van der Waals surface area contributed by atoms with Crippen LogP contribution in [0.25, 0.3) is 16.8 Å². The van der Waals surface area contributed by atoms with Crippen LogP contribution in [0, 0.1) is 0 Å². The lowest BCUT2D eigenvalue weighted by atomic mass is 10.0. The first-order chi connectivity index (χ1) is 14.1. The van der Waals surface area contributed by atoms with Gasteiger partial charge < -0.3 is 14.9 Å². The number of benzene rings is 2. The number of aromatic nitrogens is 2. The van der Waals surface area contributed by atoms with Gasteiger partial charge in [-0.25, -0.2) is 9.78 Å². The van der Waals surface area contributed by atoms with E-state index in [1.54, 1.807) is 24.3 Å². The lowest BCUT2D eigenvalue weighted by Gasteiger charge is -2.20. The molecule has 1 aromatic heterocycles. The van der Waals surface area contributed by atoms with Gasteiger partial charge in [0.1, 0.15) is 12.4 Å². The predicted octanol–water partition coefficient (Wildman–Crippen LogP) is 2.94. The van der Waals surface area contributed by atoms with Crippen molar-refractivity contribution in [3.8, 4) is 22.6 Å². The second-order valence-corrected chi connectivity index (χ2v) is 6.96. The Morgan fingerprint density at radius 2 is 1.97 bits per heavy atom. The maximum Gasteiger partial charge on any atom is 0.335 e. The molecule has 2 N–H and O–H groups in total. The first-order valence-electron chi connectivity index (χ1n) is 9.60. The Labute approximate surface area is 168 Å². The van der Waals surface area contributed by atoms with Gasteiger partial charge in [-0.15, -0.1) is 0 Å². The Morgan fingerprint density at radius 3 is 2.66 bits per heavy atom. The average Bonchev–Trinajstić information content (AvgIpc) is 3.16. The summed E-state index contributed by atoms with van der Waals surface area (Å²) in [4.78, 5) is 17.9. The van der Waals surface area contributed by atoms with Gasteiger partial charge in [0.2, 0.25) is 0 Å². The highest BCUT2D eigenvalue weighted by Crippen LogP contribution is 2.34. The maximum atomic E-state index is 11.0. The second kappa shape index (κ2) is 8.06. The van der Waals surface area contributed by atoms with Gasteiger partial charge in [0.25, 0.3) is 0 Å². The van der Waals surface area contributed by atoms with E-state index < -0.39 is 5.97 Å². The van der Waals surface area contributed by atoms with Crippen LogP contribution in [0.1, 0.15) is 28.8 Å². The molecule has 0 atom stereocenters. The third-order valence-electron chi connectivity index (χ3n) is 5.12. The summed E-state index contributed by atoms with van der Waals surface area (Å²) in [5.74, 6) is 0.685. The molecule has 0 aliphatic carbocycles. The third-order valence-corrected chi connectivity index (χ3v) is 5.12. The summed E-state index contributed by atoms with van der Waals surface area (Å²) >= 11 is 0. The molecule has 2 heterocycles. The van der Waals surface area contributed by atoms with E-state index in [9.17, 15) is 9.90 Å². The minimum atomic E-state index is -0.936. The molecule has 0 spiro atoms. The van der Waals surface area contributed by atoms with Crippen molar-refractivity contribution in [2.75, 3.05) is 19.7 Å². The number of aliphatic hydroxyl groups is 1. The van der Waals surface area contributed by atoms with Crippen molar-refractivity contribution in [1.82, 2.24) is 14.5 Å². The number of imidazole rings is 1. The molecule has 0 amide bonds. The molecule has 29 heavy (non-hydrogen) atoms. The molecular formula is C22H23N3O4. The highest BCUT2D eigenvalue weighted by molar-refractivity contribution is 5.88. The van der Waals surface area contributed by atoms with Crippen molar-refractivity contribution < 1.29 is 19.7 Å². The molecule has 0 unspecified atom stereocenters. The normalized spacial score (nSPS) is 12.4. The number of likely N-dealkylation sites (N-methyl/N-ethyl adjacent to an activating group) is 1. The molecule has 3 aromatic rings. The van der Waals surface area contributed by atoms with Gasteiger partial charge in [-0.3, -0.25) is 9.47 Å². The highest BCUT2D eigenvalue weighted by Gasteiger charge is 2.20. The summed E-state index contributed by atoms with van der Waals surface area (Å²) < 4.78 is 7.99. The van der Waals surface area contributed by atoms with Crippen LogP contribution in [-0.4, -0.2) is 50.3 Å². The van der Waals surface area contributed by atoms with Crippen molar-refractivity contribution in [2.24, 2.45) is 0 Å². The number of rotatable bonds is 7. The Balaban J connectivity index is 1.60. The summed E-state index contributed by atoms with van der Waals surface area (Å²) in [6, 6.07) is 12.8. The molecule has 1 aliphatic rings. The number of aromatic carboxylic acids is 1. The summed E-state index contributed by atoms with van der Waals surface area (Å²) in [5, 5.41) is 18.2. The molecule has 0 fully saturated rings. The van der Waals surface area contributed by atoms with Gasteiger partial charge in [0, 0.05) is 19.3 Å². The first-order valence-corrected chi connectivity index (χ1v) is 9.60. The molecular weight excluding hydrogens is 370 g/mol. The lowest BCUT2D eigenvalue weighted by molar-refractivity contribution is 0.0697. The number of hydrogen-bond donors (Lipinski definition) is 2. The van der Waals surface area contributed by atoms with E-state index in [1.807, 2.05) is 24.4 Å². The average molecular weight is 393 g/mol. The van der Waals surface area contributed by atoms with Crippen molar-refractivity contribution in [3.63, 3.8) is 0 Å². The number of aliphatic hydroxyl groups excluding tert-OH is 1. The van der Waals surface area contributed by atoms with Crippen LogP contribution in [0.4, 0.5) is 0 Å². The molecule has 2 aromatic carbocycles. The SMILES string of the molecule is CCN(CCO)Cc1cn2c(n1)COc1cc(-c3ccc(C(=O)O)cc3)ccc1-2. The summed E-state index contributed by atoms with van der Waals surface area (Å²) in [7, 11) is 0. The van der Waals surface area contributed by atoms with Gasteiger partial charge in [-0.2, -0.15) is 0 Å². The third kappa shape index (κ3) is 3.87. The molecule has 150 valence electrons. The zero-order valence-corrected chi connectivity index (χ0v) is 16.2. The van der Waals surface area contributed by atoms with Crippen LogP contribution in [-0.2, 0) is 13.2 Å². The molecule has 0 saturated heterocycles. The summed E-state index contributed by atoms with van der Waals surface area (Å²) in [5.41, 5.74) is 4.03. The fourth-order valence-electron chi connectivity index (χ4n) is 3.53. The van der Waals surface area contributed by atoms with Crippen molar-refractivity contribution in [3.05, 3.63) is 65.7 Å². The van der Waals surface area contributed by atoms with E-state index in [0.29, 0.717) is 19.7 Å². The van der Waals surface area contributed by atoms with Crippen LogP contribution in [0.2, 0.25) is 0 Å². The Morgan fingerprint density at radius 1 is 1.21 bits per heavy atom. The number of ether oxygens (including phenoxy) is 1. The first kappa shape index (κ1) is 19.2. The predicted molar refractivity (Wildman–Crippen MR) is 108 cm³/mol. The van der Waals surface area contributed by atoms with Crippen LogP contribution in [0.5, 0.6) is 5.75 Å². The van der Waals surface area contributed by atoms with Crippen LogP contribution in [0.15, 0.2) is 48.7 Å². The molecule has 1 aliphatic heterocycles. The number of carbonyl (C=O) groups is 1. The Bertz CT molecular complexity index is 1030. The zero-order valence-electron chi connectivity index (χ0n) is 16.2. The fourth-order valence-corrected chi connectivity index (χ4v) is 3.53. The summed E-state index contributed by atoms with van der Waals surface area (Å²) in [6.45, 7) is 4.73. The summed E-state index contributed by atoms with van der Waals surface area (Å²) in [6.07, 6.45) is 2.03. The van der Waals surface area contributed by atoms with E-state index in [4.69, 9.17) is 9.84 Å². The van der Waals surface area contributed by atoms with Gasteiger partial charge in [-0.05, 0) is 41.9 Å². The van der Waals surface area contributed by atoms with Gasteiger partial charge in [0.15, 0.2) is 5.82 Å². The van der Waals surface area contributed by atoms with Crippen LogP contribution >= 0.6 is 0 Å². The zero-order chi connectivity index (χ0) is 20.4. The standard InChI is InChI=1S/C22H23N3O4/c1-2-24(9-10-26)12-18-13-25-19-8-7-17(11-20(19)29-14-21(25)23-18)15-3-5-16(6-4-15)22(27)28/h3-8,11,13,26H,2,9-10,12,14H2,1H3,(H,27,28). The van der Waals surface area contributed by atoms with Gasteiger partial charge in [0.05, 0.1) is 23.6 Å². The highest BCUT2D eigenvalue weighted by atomic mass is 16.5. The van der Waals surface area contributed by atoms with Gasteiger partial charge >= 0.3 is 5.97 Å². The topological polar surface area (TPSA) is 87.8 Å². The van der Waals surface area contributed by atoms with E-state index in [-0.39, 0.29) is 12.2 Å². The van der Waals surface area contributed by atoms with E-state index in [2.05, 4.69) is 21.4 Å². The van der Waals surface area contributed by atoms with E-state index in [1.165, 1.54) is 0 Å². The van der Waals surface area contributed by atoms with Crippen molar-refractivity contribution in [2.45, 2.75) is 20.1 Å². The Kier molecular flexibility index (Phi) is 5.33. The smallest absolute Gasteiger partial charge is 0.335 e. The minimum absolute atomic E-state index is 0.129. The number of fused-ring (bicyclic) bond motifs is 3. The van der Waals surface area contributed by atoms with Crippen LogP contribution in [0.3, 0.4) is 0 Å². The second-order valence-electron chi connectivity index (χ2n) is 6.96. The lowest BCUT2D eigenvalue weighted by Crippen LogP contribution is -2.26.